The van der Waals surface area contributed by atoms with Crippen LogP contribution in [0.4, 0.5) is 14.9 Å². The molecule has 192 valence electrons. The maximum atomic E-state index is 13.2. The van der Waals surface area contributed by atoms with Gasteiger partial charge < -0.3 is 15.1 Å². The molecule has 4 rings (SSSR count). The quantitative estimate of drug-likeness (QED) is 0.456. The minimum atomic E-state index is -3.54. The fraction of sp³-hybridized carbons (Fsp3) is 0.391. The lowest BCUT2D eigenvalue weighted by molar-refractivity contribution is -0.918. The SMILES string of the molecule is CCN(CC)S(=O)(=O)c1ccc(NC(=O)N2CC[NH+](Cc3nnnn3-c3ccc(F)cc3)CC2)cc1. The maximum absolute atomic E-state index is 13.2. The van der Waals surface area contributed by atoms with E-state index >= 15 is 0 Å². The number of nitrogens with one attached hydrogen (secondary N) is 2. The van der Waals surface area contributed by atoms with Crippen LogP contribution in [0.25, 0.3) is 5.69 Å². The van der Waals surface area contributed by atoms with Gasteiger partial charge in [0.2, 0.25) is 15.8 Å². The Morgan fingerprint density at radius 1 is 1.06 bits per heavy atom. The Morgan fingerprint density at radius 3 is 2.31 bits per heavy atom. The van der Waals surface area contributed by atoms with Crippen LogP contribution in [-0.2, 0) is 16.6 Å². The first-order valence-electron chi connectivity index (χ1n) is 11.8. The van der Waals surface area contributed by atoms with E-state index in [4.69, 9.17) is 0 Å². The summed E-state index contributed by atoms with van der Waals surface area (Å²) in [4.78, 5) is 15.9. The van der Waals surface area contributed by atoms with Crippen molar-refractivity contribution in [2.75, 3.05) is 44.6 Å². The summed E-state index contributed by atoms with van der Waals surface area (Å²) in [5.41, 5.74) is 1.22. The van der Waals surface area contributed by atoms with E-state index in [1.165, 1.54) is 33.5 Å². The fourth-order valence-electron chi connectivity index (χ4n) is 4.15. The van der Waals surface area contributed by atoms with Crippen molar-refractivity contribution >= 4 is 21.7 Å². The van der Waals surface area contributed by atoms with Crippen molar-refractivity contribution in [1.82, 2.24) is 29.4 Å². The lowest BCUT2D eigenvalue weighted by Crippen LogP contribution is -3.13. The molecule has 0 bridgehead atoms. The van der Waals surface area contributed by atoms with Crippen LogP contribution in [0, 0.1) is 5.82 Å². The summed E-state index contributed by atoms with van der Waals surface area (Å²) < 4.78 is 41.5. The second kappa shape index (κ2) is 11.1. The van der Waals surface area contributed by atoms with Crippen LogP contribution in [-0.4, -0.2) is 83.1 Å². The lowest BCUT2D eigenvalue weighted by atomic mass is 10.3. The molecule has 1 aromatic heterocycles. The molecule has 1 aliphatic rings. The summed E-state index contributed by atoms with van der Waals surface area (Å²) in [6, 6.07) is 12.0. The Kier molecular flexibility index (Phi) is 7.91. The van der Waals surface area contributed by atoms with E-state index in [9.17, 15) is 17.6 Å². The standard InChI is InChI=1S/C23H29FN8O3S/c1-3-31(4-2)36(34,35)21-11-7-19(8-12-21)25-23(33)30-15-13-29(14-16-30)17-22-26-27-28-32(22)20-9-5-18(24)6-10-20/h5-12H,3-4,13-17H2,1-2H3,(H,25,33)/p+1. The predicted molar refractivity (Wildman–Crippen MR) is 131 cm³/mol. The van der Waals surface area contributed by atoms with Gasteiger partial charge in [0.25, 0.3) is 0 Å². The first-order chi connectivity index (χ1) is 17.3. The molecule has 1 aliphatic heterocycles. The first kappa shape index (κ1) is 25.7. The number of quaternary nitrogens is 1. The molecule has 2 aromatic carbocycles. The van der Waals surface area contributed by atoms with Gasteiger partial charge in [-0.05, 0) is 59.0 Å². The highest BCUT2D eigenvalue weighted by molar-refractivity contribution is 7.89. The molecule has 0 radical (unpaired) electrons. The highest BCUT2D eigenvalue weighted by atomic mass is 32.2. The van der Waals surface area contributed by atoms with Crippen molar-refractivity contribution in [3.8, 4) is 5.69 Å². The Hall–Kier alpha value is -3.42. The van der Waals surface area contributed by atoms with E-state index < -0.39 is 10.0 Å². The van der Waals surface area contributed by atoms with Gasteiger partial charge in [-0.3, -0.25) is 0 Å². The van der Waals surface area contributed by atoms with Gasteiger partial charge in [-0.1, -0.05) is 13.8 Å². The Labute approximate surface area is 209 Å². The van der Waals surface area contributed by atoms with Crippen LogP contribution in [0.3, 0.4) is 0 Å². The number of piperazine rings is 1. The molecule has 36 heavy (non-hydrogen) atoms. The number of carbonyl (C=O) groups is 1. The number of anilines is 1. The number of sulfonamides is 1. The molecule has 1 fully saturated rings. The number of halogens is 1. The van der Waals surface area contributed by atoms with Crippen molar-refractivity contribution in [3.63, 3.8) is 0 Å². The molecular formula is C23H30FN8O3S+. The number of aromatic nitrogens is 4. The normalized spacial score (nSPS) is 14.8. The Morgan fingerprint density at radius 2 is 1.69 bits per heavy atom. The number of carbonyl (C=O) groups excluding carboxylic acids is 1. The highest BCUT2D eigenvalue weighted by Crippen LogP contribution is 2.18. The average Bonchev–Trinajstić information content (AvgIpc) is 3.34. The summed E-state index contributed by atoms with van der Waals surface area (Å²) in [5, 5.41) is 14.7. The molecule has 1 saturated heterocycles. The van der Waals surface area contributed by atoms with Crippen molar-refractivity contribution in [2.45, 2.75) is 25.3 Å². The molecule has 0 unspecified atom stereocenters. The van der Waals surface area contributed by atoms with Crippen molar-refractivity contribution in [2.24, 2.45) is 0 Å². The summed E-state index contributed by atoms with van der Waals surface area (Å²) >= 11 is 0. The topological polar surface area (TPSA) is 118 Å². The largest absolute Gasteiger partial charge is 0.326 e. The second-order valence-corrected chi connectivity index (χ2v) is 10.4. The maximum Gasteiger partial charge on any atom is 0.322 e. The molecule has 2 amide bonds. The van der Waals surface area contributed by atoms with E-state index in [1.807, 2.05) is 0 Å². The third kappa shape index (κ3) is 5.69. The van der Waals surface area contributed by atoms with E-state index in [-0.39, 0.29) is 16.7 Å². The number of urea groups is 1. The molecule has 0 aliphatic carbocycles. The molecule has 3 aromatic rings. The number of benzene rings is 2. The van der Waals surface area contributed by atoms with E-state index in [2.05, 4.69) is 20.8 Å². The fourth-order valence-corrected chi connectivity index (χ4v) is 5.61. The van der Waals surface area contributed by atoms with E-state index in [0.717, 1.165) is 0 Å². The van der Waals surface area contributed by atoms with Crippen molar-refractivity contribution in [1.29, 1.82) is 0 Å². The van der Waals surface area contributed by atoms with Crippen LogP contribution in [0.5, 0.6) is 0 Å². The number of nitrogens with zero attached hydrogens (tertiary/aromatic N) is 6. The minimum absolute atomic E-state index is 0.199. The highest BCUT2D eigenvalue weighted by Gasteiger charge is 2.26. The average molecular weight is 518 g/mol. The molecule has 13 heteroatoms. The monoisotopic (exact) mass is 517 g/mol. The molecule has 2 N–H and O–H groups in total. The third-order valence-corrected chi connectivity index (χ3v) is 8.28. The van der Waals surface area contributed by atoms with Gasteiger partial charge in [-0.15, -0.1) is 5.10 Å². The first-order valence-corrected chi connectivity index (χ1v) is 13.3. The zero-order valence-electron chi connectivity index (χ0n) is 20.3. The van der Waals surface area contributed by atoms with Crippen LogP contribution >= 0.6 is 0 Å². The van der Waals surface area contributed by atoms with Gasteiger partial charge in [-0.2, -0.15) is 8.99 Å². The molecular weight excluding hydrogens is 487 g/mol. The van der Waals surface area contributed by atoms with Crippen LogP contribution in [0.1, 0.15) is 19.7 Å². The summed E-state index contributed by atoms with van der Waals surface area (Å²) in [6.07, 6.45) is 0. The van der Waals surface area contributed by atoms with Crippen LogP contribution in [0.15, 0.2) is 53.4 Å². The van der Waals surface area contributed by atoms with Gasteiger partial charge in [0.15, 0.2) is 0 Å². The number of rotatable bonds is 8. The summed E-state index contributed by atoms with van der Waals surface area (Å²) in [6.45, 7) is 7.48. The minimum Gasteiger partial charge on any atom is -0.326 e. The zero-order valence-corrected chi connectivity index (χ0v) is 21.1. The Bertz CT molecular complexity index is 1270. The lowest BCUT2D eigenvalue weighted by Gasteiger charge is -2.31. The van der Waals surface area contributed by atoms with E-state index in [0.29, 0.717) is 63.0 Å². The number of amides is 2. The summed E-state index contributed by atoms with van der Waals surface area (Å²) in [5.74, 6) is 0.336. The molecule has 0 saturated carbocycles. The smallest absolute Gasteiger partial charge is 0.322 e. The zero-order chi connectivity index (χ0) is 25.7. The number of tetrazole rings is 1. The third-order valence-electron chi connectivity index (χ3n) is 6.22. The number of hydrogen-bond acceptors (Lipinski definition) is 6. The van der Waals surface area contributed by atoms with Gasteiger partial charge in [0.1, 0.15) is 12.4 Å². The van der Waals surface area contributed by atoms with Crippen molar-refractivity contribution < 1.29 is 22.5 Å². The van der Waals surface area contributed by atoms with Crippen LogP contribution in [0.2, 0.25) is 0 Å². The van der Waals surface area contributed by atoms with E-state index in [1.54, 1.807) is 47.7 Å². The molecule has 2 heterocycles. The molecule has 11 nitrogen and oxygen atoms in total. The molecule has 0 atom stereocenters. The Balaban J connectivity index is 1.31. The second-order valence-electron chi connectivity index (χ2n) is 8.44. The van der Waals surface area contributed by atoms with Crippen molar-refractivity contribution in [3.05, 3.63) is 60.2 Å². The van der Waals surface area contributed by atoms with Gasteiger partial charge in [0, 0.05) is 18.8 Å². The predicted octanol–water partition coefficient (Wildman–Crippen LogP) is 0.765. The number of hydrogen-bond donors (Lipinski definition) is 2. The van der Waals surface area contributed by atoms with Crippen LogP contribution < -0.4 is 10.2 Å². The summed E-state index contributed by atoms with van der Waals surface area (Å²) in [7, 11) is -3.54. The molecule has 0 spiro atoms. The van der Waals surface area contributed by atoms with Gasteiger partial charge >= 0.3 is 6.03 Å². The van der Waals surface area contributed by atoms with Gasteiger partial charge in [-0.25, -0.2) is 17.6 Å². The van der Waals surface area contributed by atoms with Gasteiger partial charge in [0.05, 0.1) is 36.8 Å².